The summed E-state index contributed by atoms with van der Waals surface area (Å²) in [5.41, 5.74) is 12.8. The SMILES string of the molecule is C=CC.c1ccc(-c2nc(-c3ccccc3)nc(-c3cccc4c3-c3ccccc3C43c4ccccc4-c4ccccc43)n2)cc1. The van der Waals surface area contributed by atoms with E-state index in [4.69, 9.17) is 15.0 Å². The smallest absolute Gasteiger partial charge is 0.164 e. The van der Waals surface area contributed by atoms with Crippen molar-refractivity contribution in [3.8, 4) is 56.4 Å². The number of allylic oxidation sites excluding steroid dienone is 1. The first-order valence-corrected chi connectivity index (χ1v) is 15.6. The summed E-state index contributed by atoms with van der Waals surface area (Å²) in [4.78, 5) is 15.2. The topological polar surface area (TPSA) is 38.7 Å². The van der Waals surface area contributed by atoms with Crippen LogP contribution in [-0.2, 0) is 5.41 Å². The van der Waals surface area contributed by atoms with Gasteiger partial charge in [0.15, 0.2) is 17.5 Å². The molecule has 46 heavy (non-hydrogen) atoms. The molecular weight excluding hydrogens is 558 g/mol. The van der Waals surface area contributed by atoms with Gasteiger partial charge in [0, 0.05) is 16.7 Å². The summed E-state index contributed by atoms with van der Waals surface area (Å²) in [7, 11) is 0. The summed E-state index contributed by atoms with van der Waals surface area (Å²) in [6, 6.07) is 53.6. The molecule has 2 aliphatic carbocycles. The lowest BCUT2D eigenvalue weighted by Crippen LogP contribution is -2.25. The van der Waals surface area contributed by atoms with Gasteiger partial charge < -0.3 is 0 Å². The van der Waals surface area contributed by atoms with Crippen molar-refractivity contribution in [2.45, 2.75) is 12.3 Å². The molecule has 1 spiro atoms. The van der Waals surface area contributed by atoms with E-state index in [0.717, 1.165) is 16.7 Å². The van der Waals surface area contributed by atoms with Crippen molar-refractivity contribution in [3.05, 3.63) is 187 Å². The Morgan fingerprint density at radius 2 is 0.783 bits per heavy atom. The van der Waals surface area contributed by atoms with Crippen LogP contribution >= 0.6 is 0 Å². The van der Waals surface area contributed by atoms with Crippen molar-refractivity contribution in [2.75, 3.05) is 0 Å². The van der Waals surface area contributed by atoms with Crippen molar-refractivity contribution in [2.24, 2.45) is 0 Å². The second kappa shape index (κ2) is 11.2. The fourth-order valence-electron chi connectivity index (χ4n) is 7.26. The Morgan fingerprint density at radius 3 is 1.30 bits per heavy atom. The van der Waals surface area contributed by atoms with E-state index < -0.39 is 5.41 Å². The zero-order valence-corrected chi connectivity index (χ0v) is 25.6. The average Bonchev–Trinajstić information content (AvgIpc) is 3.60. The summed E-state index contributed by atoms with van der Waals surface area (Å²) in [5, 5.41) is 0. The Bertz CT molecular complexity index is 2130. The maximum Gasteiger partial charge on any atom is 0.164 e. The molecule has 3 heteroatoms. The highest BCUT2D eigenvalue weighted by Gasteiger charge is 2.52. The number of rotatable bonds is 3. The first kappa shape index (κ1) is 27.6. The van der Waals surface area contributed by atoms with Gasteiger partial charge in [-0.2, -0.15) is 0 Å². The summed E-state index contributed by atoms with van der Waals surface area (Å²) in [6.45, 7) is 5.25. The molecular formula is C43H31N3. The molecule has 0 atom stereocenters. The van der Waals surface area contributed by atoms with Crippen molar-refractivity contribution in [3.63, 3.8) is 0 Å². The molecule has 0 radical (unpaired) electrons. The molecule has 0 unspecified atom stereocenters. The highest BCUT2D eigenvalue weighted by molar-refractivity contribution is 5.99. The van der Waals surface area contributed by atoms with E-state index in [2.05, 4.69) is 122 Å². The van der Waals surface area contributed by atoms with Gasteiger partial charge in [0.25, 0.3) is 0 Å². The highest BCUT2D eigenvalue weighted by Crippen LogP contribution is 2.63. The van der Waals surface area contributed by atoms with Crippen LogP contribution in [0, 0.1) is 0 Å². The minimum absolute atomic E-state index is 0.410. The number of nitrogens with zero attached hydrogens (tertiary/aromatic N) is 3. The van der Waals surface area contributed by atoms with E-state index in [-0.39, 0.29) is 0 Å². The molecule has 0 saturated heterocycles. The van der Waals surface area contributed by atoms with Gasteiger partial charge in [0.05, 0.1) is 5.41 Å². The molecule has 9 rings (SSSR count). The second-order valence-corrected chi connectivity index (χ2v) is 11.6. The first-order valence-electron chi connectivity index (χ1n) is 15.6. The number of fused-ring (bicyclic) bond motifs is 10. The van der Waals surface area contributed by atoms with Crippen molar-refractivity contribution in [1.29, 1.82) is 0 Å². The standard InChI is InChI=1S/C40H25N3.C3H6/c1-3-14-26(15-4-1)37-41-38(27-16-5-2-6-17-27)43-39(42-37)31-21-13-25-35-36(31)30-20-9-12-24-34(30)40(35)32-22-10-7-18-28(32)29-19-8-11-23-33(29)40;1-3-2/h1-25H;3H,1H2,2H3. The van der Waals surface area contributed by atoms with Gasteiger partial charge in [0.1, 0.15) is 0 Å². The third kappa shape index (κ3) is 4.09. The molecule has 0 fully saturated rings. The van der Waals surface area contributed by atoms with Gasteiger partial charge >= 0.3 is 0 Å². The Hall–Kier alpha value is -5.93. The molecule has 0 bridgehead atoms. The number of hydrogen-bond donors (Lipinski definition) is 0. The number of benzene rings is 6. The molecule has 1 heterocycles. The second-order valence-electron chi connectivity index (χ2n) is 11.6. The lowest BCUT2D eigenvalue weighted by Gasteiger charge is -2.30. The van der Waals surface area contributed by atoms with E-state index in [9.17, 15) is 0 Å². The van der Waals surface area contributed by atoms with E-state index in [1.807, 2.05) is 43.3 Å². The quantitative estimate of drug-likeness (QED) is 0.192. The van der Waals surface area contributed by atoms with Crippen LogP contribution in [0.3, 0.4) is 0 Å². The van der Waals surface area contributed by atoms with Crippen molar-refractivity contribution >= 4 is 0 Å². The molecule has 6 aromatic carbocycles. The van der Waals surface area contributed by atoms with Crippen LogP contribution in [-0.4, -0.2) is 15.0 Å². The van der Waals surface area contributed by atoms with Gasteiger partial charge in [-0.1, -0.05) is 158 Å². The predicted octanol–water partition coefficient (Wildman–Crippen LogP) is 10.4. The maximum absolute atomic E-state index is 5.13. The van der Waals surface area contributed by atoms with Crippen LogP contribution < -0.4 is 0 Å². The average molecular weight is 590 g/mol. The van der Waals surface area contributed by atoms with Crippen LogP contribution in [0.15, 0.2) is 164 Å². The fourth-order valence-corrected chi connectivity index (χ4v) is 7.26. The summed E-state index contributed by atoms with van der Waals surface area (Å²) >= 11 is 0. The molecule has 218 valence electrons. The van der Waals surface area contributed by atoms with Gasteiger partial charge in [-0.25, -0.2) is 15.0 Å². The predicted molar refractivity (Wildman–Crippen MR) is 188 cm³/mol. The van der Waals surface area contributed by atoms with Crippen LogP contribution in [0.2, 0.25) is 0 Å². The Labute approximate surface area is 269 Å². The van der Waals surface area contributed by atoms with Gasteiger partial charge in [-0.15, -0.1) is 6.58 Å². The molecule has 1 aromatic heterocycles. The van der Waals surface area contributed by atoms with Crippen molar-refractivity contribution < 1.29 is 0 Å². The minimum Gasteiger partial charge on any atom is -0.208 e. The Kier molecular flexibility index (Phi) is 6.73. The van der Waals surface area contributed by atoms with E-state index >= 15 is 0 Å². The minimum atomic E-state index is -0.410. The van der Waals surface area contributed by atoms with Crippen molar-refractivity contribution in [1.82, 2.24) is 15.0 Å². The van der Waals surface area contributed by atoms with E-state index in [0.29, 0.717) is 17.5 Å². The zero-order valence-electron chi connectivity index (χ0n) is 25.6. The molecule has 2 aliphatic rings. The summed E-state index contributed by atoms with van der Waals surface area (Å²) in [5.74, 6) is 2.01. The van der Waals surface area contributed by atoms with Crippen LogP contribution in [0.25, 0.3) is 56.4 Å². The molecule has 3 nitrogen and oxygen atoms in total. The van der Waals surface area contributed by atoms with E-state index in [1.165, 1.54) is 44.5 Å². The third-order valence-electron chi connectivity index (χ3n) is 8.96. The summed E-state index contributed by atoms with van der Waals surface area (Å²) in [6.07, 6.45) is 1.75. The Morgan fingerprint density at radius 1 is 0.413 bits per heavy atom. The normalized spacial score (nSPS) is 12.7. The zero-order chi connectivity index (χ0) is 31.1. The highest BCUT2D eigenvalue weighted by atomic mass is 15.0. The van der Waals surface area contributed by atoms with Gasteiger partial charge in [-0.05, 0) is 51.4 Å². The maximum atomic E-state index is 5.13. The molecule has 0 N–H and O–H groups in total. The van der Waals surface area contributed by atoms with E-state index in [1.54, 1.807) is 6.08 Å². The Balaban J connectivity index is 0.00000100. The third-order valence-corrected chi connectivity index (χ3v) is 8.96. The molecule has 0 aliphatic heterocycles. The first-order chi connectivity index (χ1) is 22.8. The number of hydrogen-bond acceptors (Lipinski definition) is 3. The van der Waals surface area contributed by atoms with Crippen LogP contribution in [0.1, 0.15) is 29.2 Å². The molecule has 0 amide bonds. The fraction of sp³-hybridized carbons (Fsp3) is 0.0465. The lowest BCUT2D eigenvalue weighted by molar-refractivity contribution is 0.794. The largest absolute Gasteiger partial charge is 0.208 e. The summed E-state index contributed by atoms with van der Waals surface area (Å²) < 4.78 is 0. The van der Waals surface area contributed by atoms with Gasteiger partial charge in [-0.3, -0.25) is 0 Å². The van der Waals surface area contributed by atoms with Crippen LogP contribution in [0.5, 0.6) is 0 Å². The molecule has 7 aromatic rings. The monoisotopic (exact) mass is 589 g/mol. The van der Waals surface area contributed by atoms with Gasteiger partial charge in [0.2, 0.25) is 0 Å². The lowest BCUT2D eigenvalue weighted by atomic mass is 9.70. The number of aromatic nitrogens is 3. The molecule has 0 saturated carbocycles. The van der Waals surface area contributed by atoms with Crippen LogP contribution in [0.4, 0.5) is 0 Å².